The summed E-state index contributed by atoms with van der Waals surface area (Å²) in [5.74, 6) is -1.43. The molecule has 2 amide bonds. The summed E-state index contributed by atoms with van der Waals surface area (Å²) in [6.07, 6.45) is 0. The Morgan fingerprint density at radius 1 is 0.949 bits per heavy atom. The fraction of sp³-hybridized carbons (Fsp3) is 0.310. The van der Waals surface area contributed by atoms with Crippen LogP contribution in [0, 0.1) is 12.7 Å². The molecule has 0 bridgehead atoms. The molecule has 0 saturated carbocycles. The van der Waals surface area contributed by atoms with Crippen molar-refractivity contribution in [1.82, 2.24) is 10.2 Å². The van der Waals surface area contributed by atoms with Gasteiger partial charge >= 0.3 is 0 Å². The fourth-order valence-electron chi connectivity index (χ4n) is 3.98. The van der Waals surface area contributed by atoms with Crippen LogP contribution in [-0.4, -0.2) is 50.9 Å². The number of carbonyl (C=O) groups excluding carboxylic acids is 2. The van der Waals surface area contributed by atoms with Gasteiger partial charge in [-0.15, -0.1) is 0 Å². The molecular weight excluding hydrogens is 521 g/mol. The van der Waals surface area contributed by atoms with Crippen molar-refractivity contribution in [2.45, 2.75) is 51.2 Å². The number of ether oxygens (including phenoxy) is 1. The summed E-state index contributed by atoms with van der Waals surface area (Å²) in [6.45, 7) is 6.05. The van der Waals surface area contributed by atoms with Gasteiger partial charge in [0.15, 0.2) is 0 Å². The fourth-order valence-corrected chi connectivity index (χ4v) is 5.41. The van der Waals surface area contributed by atoms with E-state index in [4.69, 9.17) is 4.74 Å². The lowest BCUT2D eigenvalue weighted by atomic mass is 10.1. The topological polar surface area (TPSA) is 96.0 Å². The Kier molecular flexibility index (Phi) is 9.69. The summed E-state index contributed by atoms with van der Waals surface area (Å²) >= 11 is 0. The number of hydrogen-bond donors (Lipinski definition) is 1. The summed E-state index contributed by atoms with van der Waals surface area (Å²) in [6, 6.07) is 17.4. The molecular formula is C29H34FN3O5S. The van der Waals surface area contributed by atoms with E-state index in [2.05, 4.69) is 5.32 Å². The number of para-hydroxylation sites is 2. The highest BCUT2D eigenvalue weighted by Crippen LogP contribution is 2.32. The van der Waals surface area contributed by atoms with E-state index in [0.29, 0.717) is 0 Å². The number of hydrogen-bond acceptors (Lipinski definition) is 5. The number of nitrogens with one attached hydrogen (secondary N) is 1. The van der Waals surface area contributed by atoms with Gasteiger partial charge in [-0.1, -0.05) is 48.0 Å². The summed E-state index contributed by atoms with van der Waals surface area (Å²) in [4.78, 5) is 28.0. The number of methoxy groups -OCH3 is 1. The monoisotopic (exact) mass is 555 g/mol. The van der Waals surface area contributed by atoms with Crippen molar-refractivity contribution in [1.29, 1.82) is 0 Å². The number of anilines is 1. The van der Waals surface area contributed by atoms with Gasteiger partial charge in [0.25, 0.3) is 10.0 Å². The van der Waals surface area contributed by atoms with E-state index < -0.39 is 40.2 Å². The highest BCUT2D eigenvalue weighted by molar-refractivity contribution is 7.92. The van der Waals surface area contributed by atoms with Crippen LogP contribution in [0.4, 0.5) is 10.1 Å². The van der Waals surface area contributed by atoms with Gasteiger partial charge in [0, 0.05) is 18.2 Å². The first kappa shape index (κ1) is 29.6. The summed E-state index contributed by atoms with van der Waals surface area (Å²) in [7, 11) is -2.84. The molecule has 0 heterocycles. The van der Waals surface area contributed by atoms with Gasteiger partial charge < -0.3 is 15.0 Å². The number of halogens is 1. The summed E-state index contributed by atoms with van der Waals surface area (Å²) in [5.41, 5.74) is 1.22. The quantitative estimate of drug-likeness (QED) is 0.381. The van der Waals surface area contributed by atoms with Crippen LogP contribution < -0.4 is 14.4 Å². The molecule has 10 heteroatoms. The molecule has 3 aromatic rings. The Hall–Kier alpha value is -3.92. The maximum Gasteiger partial charge on any atom is 0.264 e. The van der Waals surface area contributed by atoms with Gasteiger partial charge in [-0.3, -0.25) is 13.9 Å². The third-order valence-electron chi connectivity index (χ3n) is 6.14. The molecule has 0 aliphatic carbocycles. The molecule has 0 aliphatic heterocycles. The van der Waals surface area contributed by atoms with Crippen molar-refractivity contribution < 1.29 is 27.1 Å². The maximum atomic E-state index is 14.6. The van der Waals surface area contributed by atoms with Gasteiger partial charge in [0.05, 0.1) is 17.7 Å². The first-order valence-electron chi connectivity index (χ1n) is 12.5. The number of amides is 2. The van der Waals surface area contributed by atoms with Crippen molar-refractivity contribution in [3.8, 4) is 5.75 Å². The van der Waals surface area contributed by atoms with E-state index in [1.807, 2.05) is 6.92 Å². The molecule has 0 spiro atoms. The Morgan fingerprint density at radius 2 is 1.56 bits per heavy atom. The molecule has 0 aliphatic rings. The molecule has 0 aromatic heterocycles. The zero-order valence-electron chi connectivity index (χ0n) is 22.7. The molecule has 0 saturated heterocycles. The predicted octanol–water partition coefficient (Wildman–Crippen LogP) is 4.28. The molecule has 1 atom stereocenters. The minimum absolute atomic E-state index is 0.0157. The number of rotatable bonds is 11. The lowest BCUT2D eigenvalue weighted by Gasteiger charge is -2.32. The Labute approximate surface area is 229 Å². The molecule has 0 radical (unpaired) electrons. The average Bonchev–Trinajstić information content (AvgIpc) is 2.90. The Morgan fingerprint density at radius 3 is 2.18 bits per heavy atom. The Bertz CT molecular complexity index is 1410. The second-order valence-corrected chi connectivity index (χ2v) is 11.3. The van der Waals surface area contributed by atoms with Gasteiger partial charge in [-0.05, 0) is 58.0 Å². The SMILES string of the molecule is COc1ccccc1N(CC(=O)N(Cc1ccccc1F)[C@H](C)C(=O)NC(C)C)S(=O)(=O)c1ccc(C)cc1. The first-order chi connectivity index (χ1) is 18.4. The van der Waals surface area contributed by atoms with Crippen molar-refractivity contribution >= 4 is 27.5 Å². The normalized spacial score (nSPS) is 12.1. The van der Waals surface area contributed by atoms with Crippen LogP contribution in [0.2, 0.25) is 0 Å². The smallest absolute Gasteiger partial charge is 0.264 e. The van der Waals surface area contributed by atoms with E-state index in [1.54, 1.807) is 50.2 Å². The molecule has 8 nitrogen and oxygen atoms in total. The highest BCUT2D eigenvalue weighted by Gasteiger charge is 2.34. The van der Waals surface area contributed by atoms with Crippen LogP contribution in [0.5, 0.6) is 5.75 Å². The van der Waals surface area contributed by atoms with Crippen molar-refractivity contribution in [2.24, 2.45) is 0 Å². The van der Waals surface area contributed by atoms with Gasteiger partial charge in [-0.25, -0.2) is 12.8 Å². The zero-order chi connectivity index (χ0) is 28.7. The maximum absolute atomic E-state index is 14.6. The first-order valence-corrected chi connectivity index (χ1v) is 14.0. The van der Waals surface area contributed by atoms with Crippen LogP contribution in [0.1, 0.15) is 31.9 Å². The minimum Gasteiger partial charge on any atom is -0.495 e. The molecule has 208 valence electrons. The van der Waals surface area contributed by atoms with Crippen LogP contribution >= 0.6 is 0 Å². The second-order valence-electron chi connectivity index (χ2n) is 9.45. The summed E-state index contributed by atoms with van der Waals surface area (Å²) < 4.78 is 48.8. The number of carbonyl (C=O) groups is 2. The average molecular weight is 556 g/mol. The second kappa shape index (κ2) is 12.8. The van der Waals surface area contributed by atoms with Crippen molar-refractivity contribution in [3.05, 3.63) is 89.7 Å². The van der Waals surface area contributed by atoms with Crippen molar-refractivity contribution in [3.63, 3.8) is 0 Å². The standard InChI is InChI=1S/C29H34FN3O5S/c1-20(2)31-29(35)22(4)32(18-23-10-6-7-11-25(23)30)28(34)19-33(26-12-8-9-13-27(26)38-5)39(36,37)24-16-14-21(3)15-17-24/h6-17,20,22H,18-19H2,1-5H3,(H,31,35)/t22-/m1/s1. The third kappa shape index (κ3) is 7.14. The van der Waals surface area contributed by atoms with E-state index in [1.165, 1.54) is 55.3 Å². The van der Waals surface area contributed by atoms with Crippen LogP contribution in [0.25, 0.3) is 0 Å². The van der Waals surface area contributed by atoms with E-state index in [9.17, 15) is 22.4 Å². The molecule has 3 aromatic carbocycles. The van der Waals surface area contributed by atoms with Crippen molar-refractivity contribution in [2.75, 3.05) is 18.0 Å². The molecule has 39 heavy (non-hydrogen) atoms. The van der Waals surface area contributed by atoms with Gasteiger partial charge in [-0.2, -0.15) is 0 Å². The number of nitrogens with zero attached hydrogens (tertiary/aromatic N) is 2. The number of aryl methyl sites for hydroxylation is 1. The van der Waals surface area contributed by atoms with E-state index in [-0.39, 0.29) is 34.5 Å². The predicted molar refractivity (Wildman–Crippen MR) is 148 cm³/mol. The lowest BCUT2D eigenvalue weighted by Crippen LogP contribution is -2.52. The van der Waals surface area contributed by atoms with Crippen LogP contribution in [0.3, 0.4) is 0 Å². The number of benzene rings is 3. The zero-order valence-corrected chi connectivity index (χ0v) is 23.5. The molecule has 1 N–H and O–H groups in total. The number of sulfonamides is 1. The van der Waals surface area contributed by atoms with Crippen LogP contribution in [-0.2, 0) is 26.2 Å². The summed E-state index contributed by atoms with van der Waals surface area (Å²) in [5, 5.41) is 2.76. The van der Waals surface area contributed by atoms with E-state index >= 15 is 0 Å². The Balaban J connectivity index is 2.08. The van der Waals surface area contributed by atoms with Gasteiger partial charge in [0.1, 0.15) is 24.2 Å². The largest absolute Gasteiger partial charge is 0.495 e. The highest BCUT2D eigenvalue weighted by atomic mass is 32.2. The minimum atomic E-state index is -4.25. The lowest BCUT2D eigenvalue weighted by molar-refractivity contribution is -0.139. The van der Waals surface area contributed by atoms with Crippen LogP contribution in [0.15, 0.2) is 77.7 Å². The molecule has 3 rings (SSSR count). The molecule has 0 unspecified atom stereocenters. The van der Waals surface area contributed by atoms with E-state index in [0.717, 1.165) is 9.87 Å². The van der Waals surface area contributed by atoms with Gasteiger partial charge in [0.2, 0.25) is 11.8 Å². The molecule has 0 fully saturated rings. The third-order valence-corrected chi connectivity index (χ3v) is 7.91.